The van der Waals surface area contributed by atoms with Gasteiger partial charge < -0.3 is 16.2 Å². The minimum absolute atomic E-state index is 0.0170. The number of ether oxygens (including phenoxy) is 1. The van der Waals surface area contributed by atoms with Crippen LogP contribution in [0.4, 0.5) is 0 Å². The molecule has 0 radical (unpaired) electrons. The number of esters is 1. The van der Waals surface area contributed by atoms with Gasteiger partial charge in [-0.05, 0) is 6.92 Å². The lowest BCUT2D eigenvalue weighted by molar-refractivity contribution is -0.135. The zero-order chi connectivity index (χ0) is 10.6. The highest BCUT2D eigenvalue weighted by Crippen LogP contribution is 2.19. The number of carbonyl (C=O) groups is 1. The Morgan fingerprint density at radius 1 is 1.23 bits per heavy atom. The van der Waals surface area contributed by atoms with Gasteiger partial charge in [0.15, 0.2) is 0 Å². The zero-order valence-electron chi connectivity index (χ0n) is 7.23. The van der Waals surface area contributed by atoms with Crippen LogP contribution in [0.25, 0.3) is 0 Å². The highest BCUT2D eigenvalue weighted by atomic mass is 35.5. The summed E-state index contributed by atoms with van der Waals surface area (Å²) in [7, 11) is 1.21. The summed E-state index contributed by atoms with van der Waals surface area (Å²) in [5.74, 6) is -0.673. The number of nitrogens with two attached hydrogens (primary N) is 2. The van der Waals surface area contributed by atoms with Gasteiger partial charge in [-0.1, -0.05) is 23.2 Å². The molecule has 0 unspecified atom stereocenters. The maximum absolute atomic E-state index is 11.1. The Bertz CT molecular complexity index is 276. The van der Waals surface area contributed by atoms with Gasteiger partial charge in [0, 0.05) is 5.57 Å². The quantitative estimate of drug-likeness (QED) is 0.318. The van der Waals surface area contributed by atoms with Crippen LogP contribution >= 0.6 is 23.2 Å². The van der Waals surface area contributed by atoms with Crippen molar-refractivity contribution in [1.29, 1.82) is 0 Å². The molecule has 0 aliphatic carbocycles. The zero-order valence-corrected chi connectivity index (χ0v) is 8.74. The minimum Gasteiger partial charge on any atom is -0.465 e. The van der Waals surface area contributed by atoms with E-state index in [2.05, 4.69) is 4.74 Å². The Kier molecular flexibility index (Phi) is 4.66. The van der Waals surface area contributed by atoms with Crippen LogP contribution in [-0.2, 0) is 9.53 Å². The molecular formula is C7H10Cl2N2O2. The second-order valence-electron chi connectivity index (χ2n) is 2.19. The van der Waals surface area contributed by atoms with Crippen molar-refractivity contribution in [2.24, 2.45) is 11.5 Å². The van der Waals surface area contributed by atoms with Crippen LogP contribution in [0.15, 0.2) is 21.5 Å². The molecule has 0 aromatic rings. The molecule has 0 aromatic carbocycles. The van der Waals surface area contributed by atoms with E-state index in [4.69, 9.17) is 34.7 Å². The third-order valence-electron chi connectivity index (χ3n) is 1.36. The van der Waals surface area contributed by atoms with E-state index in [0.717, 1.165) is 0 Å². The summed E-state index contributed by atoms with van der Waals surface area (Å²) < 4.78 is 4.44. The second kappa shape index (κ2) is 4.99. The molecule has 74 valence electrons. The van der Waals surface area contributed by atoms with E-state index >= 15 is 0 Å². The number of methoxy groups -OCH3 is 1. The summed E-state index contributed by atoms with van der Waals surface area (Å²) in [5.41, 5.74) is 10.8. The van der Waals surface area contributed by atoms with E-state index in [9.17, 15) is 4.79 Å². The number of rotatable bonds is 2. The molecular weight excluding hydrogens is 215 g/mol. The molecule has 0 atom stereocenters. The predicted octanol–water partition coefficient (Wildman–Crippen LogP) is 0.998. The SMILES string of the molecule is COC(=O)C(=C(/N)Cl)/C(C)=C(\N)Cl. The smallest absolute Gasteiger partial charge is 0.341 e. The lowest BCUT2D eigenvalue weighted by Crippen LogP contribution is -2.13. The summed E-state index contributed by atoms with van der Waals surface area (Å²) in [5, 5.41) is -0.253. The van der Waals surface area contributed by atoms with Gasteiger partial charge in [0.2, 0.25) is 0 Å². The summed E-state index contributed by atoms with van der Waals surface area (Å²) >= 11 is 10.9. The summed E-state index contributed by atoms with van der Waals surface area (Å²) in [4.78, 5) is 11.1. The fourth-order valence-corrected chi connectivity index (χ4v) is 0.965. The Hall–Kier alpha value is -0.870. The van der Waals surface area contributed by atoms with Crippen molar-refractivity contribution in [1.82, 2.24) is 0 Å². The van der Waals surface area contributed by atoms with E-state index in [1.54, 1.807) is 0 Å². The largest absolute Gasteiger partial charge is 0.465 e. The Morgan fingerprint density at radius 3 is 1.92 bits per heavy atom. The fourth-order valence-electron chi connectivity index (χ4n) is 0.651. The minimum atomic E-state index is -0.673. The van der Waals surface area contributed by atoms with Gasteiger partial charge in [-0.3, -0.25) is 0 Å². The standard InChI is InChI=1S/C7H10Cl2N2O2/c1-3(5(8)10)4(6(9)11)7(12)13-2/h10-11H2,1-2H3/b5-3-,6-4+. The molecule has 0 heterocycles. The van der Waals surface area contributed by atoms with Crippen molar-refractivity contribution in [3.05, 3.63) is 21.5 Å². The lowest BCUT2D eigenvalue weighted by Gasteiger charge is -2.06. The third-order valence-corrected chi connectivity index (χ3v) is 1.83. The molecule has 0 aliphatic heterocycles. The average molecular weight is 225 g/mol. The normalized spacial score (nSPS) is 14.5. The highest BCUT2D eigenvalue weighted by Gasteiger charge is 2.17. The molecule has 0 saturated carbocycles. The van der Waals surface area contributed by atoms with Crippen molar-refractivity contribution >= 4 is 29.2 Å². The van der Waals surface area contributed by atoms with Crippen LogP contribution in [0.2, 0.25) is 0 Å². The summed E-state index contributed by atoms with van der Waals surface area (Å²) in [6, 6.07) is 0. The van der Waals surface area contributed by atoms with Crippen molar-refractivity contribution < 1.29 is 9.53 Å². The molecule has 0 aliphatic rings. The Balaban J connectivity index is 5.22. The van der Waals surface area contributed by atoms with Crippen molar-refractivity contribution in [3.63, 3.8) is 0 Å². The Labute approximate surface area is 86.1 Å². The molecule has 0 amide bonds. The number of hydrogen-bond acceptors (Lipinski definition) is 4. The molecule has 4 nitrogen and oxygen atoms in total. The average Bonchev–Trinajstić information content (AvgIpc) is 2.03. The van der Waals surface area contributed by atoms with Gasteiger partial charge in [0.05, 0.1) is 7.11 Å². The van der Waals surface area contributed by atoms with Crippen LogP contribution in [0.3, 0.4) is 0 Å². The topological polar surface area (TPSA) is 78.3 Å². The maximum Gasteiger partial charge on any atom is 0.341 e. The monoisotopic (exact) mass is 224 g/mol. The highest BCUT2D eigenvalue weighted by molar-refractivity contribution is 6.33. The van der Waals surface area contributed by atoms with E-state index in [1.807, 2.05) is 0 Å². The third kappa shape index (κ3) is 3.16. The lowest BCUT2D eigenvalue weighted by atomic mass is 10.1. The molecule has 0 spiro atoms. The van der Waals surface area contributed by atoms with Gasteiger partial charge in [-0.15, -0.1) is 0 Å². The maximum atomic E-state index is 11.1. The van der Waals surface area contributed by atoms with E-state index in [1.165, 1.54) is 14.0 Å². The van der Waals surface area contributed by atoms with Crippen LogP contribution in [0.5, 0.6) is 0 Å². The van der Waals surface area contributed by atoms with E-state index in [0.29, 0.717) is 5.57 Å². The van der Waals surface area contributed by atoms with E-state index < -0.39 is 5.97 Å². The van der Waals surface area contributed by atoms with Gasteiger partial charge in [0.25, 0.3) is 0 Å². The molecule has 6 heteroatoms. The Morgan fingerprint density at radius 2 is 1.69 bits per heavy atom. The van der Waals surface area contributed by atoms with Gasteiger partial charge in [0.1, 0.15) is 15.9 Å². The van der Waals surface area contributed by atoms with E-state index in [-0.39, 0.29) is 15.9 Å². The van der Waals surface area contributed by atoms with Crippen LogP contribution < -0.4 is 11.5 Å². The first kappa shape index (κ1) is 12.1. The van der Waals surface area contributed by atoms with Gasteiger partial charge >= 0.3 is 5.97 Å². The fraction of sp³-hybridized carbons (Fsp3) is 0.286. The molecule has 0 aromatic heterocycles. The van der Waals surface area contributed by atoms with Gasteiger partial charge in [-0.25, -0.2) is 4.79 Å². The number of hydrogen-bond donors (Lipinski definition) is 2. The van der Waals surface area contributed by atoms with Crippen LogP contribution in [-0.4, -0.2) is 13.1 Å². The molecule has 0 saturated heterocycles. The van der Waals surface area contributed by atoms with Crippen LogP contribution in [0.1, 0.15) is 6.92 Å². The van der Waals surface area contributed by atoms with Crippen molar-refractivity contribution in [2.75, 3.05) is 7.11 Å². The first-order chi connectivity index (χ1) is 5.91. The summed E-state index contributed by atoms with van der Waals surface area (Å²) in [6.45, 7) is 1.52. The van der Waals surface area contributed by atoms with Crippen molar-refractivity contribution in [3.8, 4) is 0 Å². The molecule has 4 N–H and O–H groups in total. The first-order valence-electron chi connectivity index (χ1n) is 3.27. The second-order valence-corrected chi connectivity index (χ2v) is 3.00. The molecule has 0 bridgehead atoms. The molecule has 13 heavy (non-hydrogen) atoms. The van der Waals surface area contributed by atoms with Crippen molar-refractivity contribution in [2.45, 2.75) is 6.92 Å². The molecule has 0 rings (SSSR count). The van der Waals surface area contributed by atoms with Gasteiger partial charge in [-0.2, -0.15) is 0 Å². The van der Waals surface area contributed by atoms with Crippen LogP contribution in [0, 0.1) is 0 Å². The summed E-state index contributed by atoms with van der Waals surface area (Å²) in [6.07, 6.45) is 0. The first-order valence-corrected chi connectivity index (χ1v) is 4.03. The molecule has 0 fully saturated rings. The predicted molar refractivity (Wildman–Crippen MR) is 51.8 cm³/mol. The number of halogens is 2. The number of carbonyl (C=O) groups excluding carboxylic acids is 1.